The highest BCUT2D eigenvalue weighted by Gasteiger charge is 2.23. The number of fused-ring (bicyclic) bond motifs is 1. The van der Waals surface area contributed by atoms with Crippen molar-refractivity contribution >= 4 is 46.7 Å². The number of nitrogens with one attached hydrogen (secondary N) is 2. The van der Waals surface area contributed by atoms with Crippen molar-refractivity contribution in [1.29, 1.82) is 0 Å². The second-order valence-corrected chi connectivity index (χ2v) is 10.8. The molecular weight excluding hydrogens is 500 g/mol. The van der Waals surface area contributed by atoms with Crippen molar-refractivity contribution in [2.24, 2.45) is 5.92 Å². The molecular formula is C24H33N6O4S2+. The predicted molar refractivity (Wildman–Crippen MR) is 144 cm³/mol. The average molecular weight is 534 g/mol. The number of ether oxygens (including phenoxy) is 1. The Balaban J connectivity index is 0.000000165. The summed E-state index contributed by atoms with van der Waals surface area (Å²) in [6, 6.07) is 5.20. The third-order valence-electron chi connectivity index (χ3n) is 5.82. The summed E-state index contributed by atoms with van der Waals surface area (Å²) in [6.07, 6.45) is 7.35. The number of Topliss-reactive ketones (excluding diaryl/α,β-unsaturated/α-hetero) is 1. The summed E-state index contributed by atoms with van der Waals surface area (Å²) < 4.78 is 6.10. The summed E-state index contributed by atoms with van der Waals surface area (Å²) in [5.41, 5.74) is 6.83. The van der Waals surface area contributed by atoms with Gasteiger partial charge in [0.1, 0.15) is 24.9 Å². The highest BCUT2D eigenvalue weighted by molar-refractivity contribution is 7.99. The Bertz CT molecular complexity index is 1140. The zero-order valence-corrected chi connectivity index (χ0v) is 21.8. The van der Waals surface area contributed by atoms with Crippen LogP contribution >= 0.6 is 23.5 Å². The van der Waals surface area contributed by atoms with E-state index in [-0.39, 0.29) is 30.3 Å². The van der Waals surface area contributed by atoms with E-state index in [0.29, 0.717) is 11.7 Å². The zero-order chi connectivity index (χ0) is 25.8. The fraction of sp³-hybridized carbons (Fsp3) is 0.500. The average Bonchev–Trinajstić information content (AvgIpc) is 3.58. The number of H-pyrrole nitrogens is 2. The van der Waals surface area contributed by atoms with Gasteiger partial charge in [0, 0.05) is 30.2 Å². The Morgan fingerprint density at radius 1 is 1.14 bits per heavy atom. The first-order chi connectivity index (χ1) is 17.5. The first-order valence-electron chi connectivity index (χ1n) is 11.9. The third-order valence-corrected chi connectivity index (χ3v) is 7.92. The summed E-state index contributed by atoms with van der Waals surface area (Å²) in [6.45, 7) is 3.49. The third kappa shape index (κ3) is 8.66. The van der Waals surface area contributed by atoms with Crippen LogP contribution in [0.25, 0.3) is 5.65 Å². The fourth-order valence-corrected chi connectivity index (χ4v) is 6.10. The lowest BCUT2D eigenvalue weighted by molar-refractivity contribution is -0.145. The lowest BCUT2D eigenvalue weighted by Gasteiger charge is -2.20. The molecule has 2 aliphatic heterocycles. The van der Waals surface area contributed by atoms with Crippen LogP contribution in [0.1, 0.15) is 43.7 Å². The Kier molecular flexibility index (Phi) is 11.3. The van der Waals surface area contributed by atoms with Gasteiger partial charge in [0.2, 0.25) is 6.61 Å². The summed E-state index contributed by atoms with van der Waals surface area (Å²) in [4.78, 5) is 38.9. The Morgan fingerprint density at radius 2 is 1.83 bits per heavy atom. The van der Waals surface area contributed by atoms with Gasteiger partial charge in [0.15, 0.2) is 5.65 Å². The monoisotopic (exact) mass is 533 g/mol. The Morgan fingerprint density at radius 3 is 2.42 bits per heavy atom. The molecule has 0 aromatic carbocycles. The van der Waals surface area contributed by atoms with E-state index in [0.717, 1.165) is 48.5 Å². The Hall–Kier alpha value is -2.86. The number of nitrogens with two attached hydrogens (primary N) is 1. The molecule has 2 aliphatic rings. The second-order valence-electron chi connectivity index (χ2n) is 8.32. The number of rotatable bonds is 5. The van der Waals surface area contributed by atoms with Crippen molar-refractivity contribution < 1.29 is 14.3 Å². The highest BCUT2D eigenvalue weighted by Crippen LogP contribution is 2.30. The van der Waals surface area contributed by atoms with E-state index in [4.69, 9.17) is 5.73 Å². The van der Waals surface area contributed by atoms with Crippen LogP contribution in [0.15, 0.2) is 35.4 Å². The molecule has 0 spiro atoms. The van der Waals surface area contributed by atoms with Crippen LogP contribution in [-0.2, 0) is 14.3 Å². The van der Waals surface area contributed by atoms with E-state index in [2.05, 4.69) is 31.9 Å². The van der Waals surface area contributed by atoms with Gasteiger partial charge in [-0.1, -0.05) is 0 Å². The van der Waals surface area contributed by atoms with Gasteiger partial charge < -0.3 is 10.5 Å². The molecule has 5 rings (SSSR count). The van der Waals surface area contributed by atoms with Crippen molar-refractivity contribution in [2.45, 2.75) is 38.0 Å². The molecule has 4 N–H and O–H groups in total. The molecule has 0 amide bonds. The van der Waals surface area contributed by atoms with Gasteiger partial charge in [-0.2, -0.15) is 28.6 Å². The molecule has 12 heteroatoms. The molecule has 194 valence electrons. The minimum absolute atomic E-state index is 0.0109. The molecule has 3 aromatic heterocycles. The van der Waals surface area contributed by atoms with Crippen LogP contribution in [0.5, 0.6) is 0 Å². The van der Waals surface area contributed by atoms with Crippen molar-refractivity contribution in [3.63, 3.8) is 0 Å². The number of ketones is 1. The van der Waals surface area contributed by atoms with E-state index in [9.17, 15) is 14.4 Å². The molecule has 0 aliphatic carbocycles. The van der Waals surface area contributed by atoms with E-state index in [1.54, 1.807) is 24.5 Å². The maximum Gasteiger partial charge on any atom is 0.316 e. The molecule has 2 fully saturated rings. The first-order valence-corrected chi connectivity index (χ1v) is 14.2. The Labute approximate surface area is 218 Å². The van der Waals surface area contributed by atoms with Crippen LogP contribution in [0, 0.1) is 12.8 Å². The molecule has 0 radical (unpaired) electrons. The van der Waals surface area contributed by atoms with Crippen molar-refractivity contribution in [2.75, 3.05) is 35.4 Å². The van der Waals surface area contributed by atoms with Gasteiger partial charge in [0.25, 0.3) is 5.56 Å². The summed E-state index contributed by atoms with van der Waals surface area (Å²) in [5.74, 6) is 5.16. The minimum atomic E-state index is -0.441. The SMILES string of the molecule is Nc1ccn[nH]1.O=c1cc(C2CCSCC2)nc2cc[nH]n12.[CH2+]COC(=O)CC(=O)C1CCSCC1. The van der Waals surface area contributed by atoms with Gasteiger partial charge in [-0.15, -0.1) is 0 Å². The number of carbonyl (C=O) groups is 2. The van der Waals surface area contributed by atoms with Crippen LogP contribution in [0.4, 0.5) is 5.82 Å². The number of hydrogen-bond acceptors (Lipinski definition) is 9. The number of carbonyl (C=O) groups excluding carboxylic acids is 2. The summed E-state index contributed by atoms with van der Waals surface area (Å²) >= 11 is 3.85. The normalized spacial score (nSPS) is 16.3. The quantitative estimate of drug-likeness (QED) is 0.255. The van der Waals surface area contributed by atoms with Gasteiger partial charge in [-0.25, -0.2) is 9.50 Å². The number of hydrogen-bond donors (Lipinski definition) is 3. The fourth-order valence-electron chi connectivity index (χ4n) is 3.89. The molecule has 0 atom stereocenters. The number of nitrogens with zero attached hydrogens (tertiary/aromatic N) is 3. The maximum absolute atomic E-state index is 11.8. The van der Waals surface area contributed by atoms with E-state index in [1.165, 1.54) is 16.0 Å². The van der Waals surface area contributed by atoms with Crippen LogP contribution < -0.4 is 11.3 Å². The zero-order valence-electron chi connectivity index (χ0n) is 20.2. The number of thioether (sulfide) groups is 2. The maximum atomic E-state index is 11.8. The summed E-state index contributed by atoms with van der Waals surface area (Å²) in [5, 5.41) is 8.96. The van der Waals surface area contributed by atoms with Gasteiger partial charge >= 0.3 is 5.97 Å². The molecule has 5 heterocycles. The van der Waals surface area contributed by atoms with Crippen molar-refractivity contribution in [3.8, 4) is 0 Å². The molecule has 10 nitrogen and oxygen atoms in total. The molecule has 0 unspecified atom stereocenters. The second kappa shape index (κ2) is 14.6. The largest absolute Gasteiger partial charge is 0.423 e. The molecule has 2 saturated heterocycles. The number of esters is 1. The van der Waals surface area contributed by atoms with Crippen molar-refractivity contribution in [3.05, 3.63) is 53.6 Å². The molecule has 0 bridgehead atoms. The van der Waals surface area contributed by atoms with Crippen LogP contribution in [-0.4, -0.2) is 66.2 Å². The number of anilines is 1. The predicted octanol–water partition coefficient (Wildman–Crippen LogP) is 3.09. The van der Waals surface area contributed by atoms with E-state index < -0.39 is 5.97 Å². The van der Waals surface area contributed by atoms with Gasteiger partial charge in [-0.3, -0.25) is 24.6 Å². The number of aromatic nitrogens is 5. The smallest absolute Gasteiger partial charge is 0.316 e. The lowest BCUT2D eigenvalue weighted by atomic mass is 9.96. The van der Waals surface area contributed by atoms with Gasteiger partial charge in [-0.05, 0) is 54.8 Å². The summed E-state index contributed by atoms with van der Waals surface area (Å²) in [7, 11) is 0. The topological polar surface area (TPSA) is 148 Å². The highest BCUT2D eigenvalue weighted by atomic mass is 32.2. The van der Waals surface area contributed by atoms with Crippen molar-refractivity contribution in [1.82, 2.24) is 24.8 Å². The first kappa shape index (κ1) is 27.7. The molecule has 3 aromatic rings. The molecule has 0 saturated carbocycles. The minimum Gasteiger partial charge on any atom is -0.423 e. The van der Waals surface area contributed by atoms with Crippen LogP contribution in [0.3, 0.4) is 0 Å². The number of nitrogen functional groups attached to an aromatic ring is 1. The molecule has 36 heavy (non-hydrogen) atoms. The standard InChI is InChI=1S/C11H13N3OS.C10H15O3S.C3H5N3/c15-11-7-9(8-2-5-16-6-3-8)13-10-1-4-12-14(10)11;1-2-13-10(12)7-9(11)8-3-5-14-6-4-8;4-3-1-2-5-6-3/h1,4,7-8,12H,2-3,5-6H2;8H,1-7H2;1-2H,(H3,4,5,6)/q;+1;. The van der Waals surface area contributed by atoms with E-state index >= 15 is 0 Å². The van der Waals surface area contributed by atoms with Gasteiger partial charge in [0.05, 0.1) is 11.9 Å². The van der Waals surface area contributed by atoms with Crippen LogP contribution in [0.2, 0.25) is 0 Å². The number of aromatic amines is 2. The van der Waals surface area contributed by atoms with E-state index in [1.807, 2.05) is 29.6 Å². The lowest BCUT2D eigenvalue weighted by Crippen LogP contribution is -2.23.